The highest BCUT2D eigenvalue weighted by Gasteiger charge is 2.44. The summed E-state index contributed by atoms with van der Waals surface area (Å²) < 4.78 is 4.93. The zero-order valence-electron chi connectivity index (χ0n) is 14.0. The first-order valence-corrected chi connectivity index (χ1v) is 8.79. The first-order chi connectivity index (χ1) is 12.9. The summed E-state index contributed by atoms with van der Waals surface area (Å²) in [7, 11) is 0. The minimum absolute atomic E-state index is 0.122. The zero-order valence-corrected chi connectivity index (χ0v) is 14.0. The second-order valence-electron chi connectivity index (χ2n) is 6.74. The first-order valence-electron chi connectivity index (χ1n) is 8.79. The van der Waals surface area contributed by atoms with E-state index in [1.807, 2.05) is 18.2 Å². The molecular formula is C18H17N7O. The molecule has 3 atom stereocenters. The summed E-state index contributed by atoms with van der Waals surface area (Å²) in [5.74, 6) is 0.527. The number of rotatable bonds is 2. The third kappa shape index (κ3) is 2.24. The van der Waals surface area contributed by atoms with Gasteiger partial charge < -0.3 is 10.2 Å². The third-order valence-electron chi connectivity index (χ3n) is 5.30. The zero-order chi connectivity index (χ0) is 17.5. The van der Waals surface area contributed by atoms with Crippen molar-refractivity contribution >= 4 is 22.6 Å². The van der Waals surface area contributed by atoms with Crippen molar-refractivity contribution in [1.82, 2.24) is 25.8 Å². The molecule has 3 unspecified atom stereocenters. The molecule has 4 heterocycles. The smallest absolute Gasteiger partial charge is 0.274 e. The van der Waals surface area contributed by atoms with Crippen LogP contribution in [-0.4, -0.2) is 44.9 Å². The Labute approximate surface area is 149 Å². The average Bonchev–Trinajstić information content (AvgIpc) is 3.36. The van der Waals surface area contributed by atoms with Crippen molar-refractivity contribution in [3.63, 3.8) is 0 Å². The lowest BCUT2D eigenvalue weighted by atomic mass is 9.79. The van der Waals surface area contributed by atoms with E-state index >= 15 is 0 Å². The summed E-state index contributed by atoms with van der Waals surface area (Å²) >= 11 is 0. The van der Waals surface area contributed by atoms with E-state index in [-0.39, 0.29) is 12.0 Å². The lowest BCUT2D eigenvalue weighted by Gasteiger charge is -2.30. The van der Waals surface area contributed by atoms with Gasteiger partial charge in [0.2, 0.25) is 0 Å². The molecule has 2 aromatic heterocycles. The maximum Gasteiger partial charge on any atom is 0.274 e. The minimum Gasteiger partial charge on any atom is -0.309 e. The van der Waals surface area contributed by atoms with E-state index in [0.717, 1.165) is 48.5 Å². The van der Waals surface area contributed by atoms with Crippen LogP contribution in [0, 0.1) is 6.57 Å². The predicted octanol–water partition coefficient (Wildman–Crippen LogP) is 2.59. The number of nitrogens with one attached hydrogen (secondary N) is 2. The number of aromatic nitrogens is 4. The maximum absolute atomic E-state index is 7.92. The van der Waals surface area contributed by atoms with Crippen molar-refractivity contribution in [1.29, 1.82) is 0 Å². The molecule has 0 aliphatic carbocycles. The van der Waals surface area contributed by atoms with Gasteiger partial charge in [0, 0.05) is 5.56 Å². The molecule has 2 aliphatic heterocycles. The van der Waals surface area contributed by atoms with E-state index in [1.54, 1.807) is 6.20 Å². The second-order valence-corrected chi connectivity index (χ2v) is 6.74. The van der Waals surface area contributed by atoms with Gasteiger partial charge >= 0.3 is 0 Å². The van der Waals surface area contributed by atoms with Crippen LogP contribution >= 0.6 is 0 Å². The van der Waals surface area contributed by atoms with Crippen LogP contribution in [0.4, 0.5) is 5.82 Å². The van der Waals surface area contributed by atoms with Crippen molar-refractivity contribution in [2.24, 2.45) is 4.99 Å². The molecule has 1 saturated heterocycles. The Morgan fingerprint density at radius 3 is 3.00 bits per heavy atom. The van der Waals surface area contributed by atoms with Crippen LogP contribution in [0.25, 0.3) is 15.9 Å². The summed E-state index contributed by atoms with van der Waals surface area (Å²) in [6.45, 7) is 8.87. The molecule has 1 fully saturated rings. The molecule has 130 valence electrons. The number of fused-ring (bicyclic) bond motifs is 2. The Balaban J connectivity index is 1.68. The highest BCUT2D eigenvalue weighted by atomic mass is 16.6. The van der Waals surface area contributed by atoms with Gasteiger partial charge in [0.05, 0.1) is 18.2 Å². The molecule has 26 heavy (non-hydrogen) atoms. The molecule has 0 amide bonds. The van der Waals surface area contributed by atoms with Crippen LogP contribution in [0.3, 0.4) is 0 Å². The predicted molar refractivity (Wildman–Crippen MR) is 95.4 cm³/mol. The number of hydrogen-bond donors (Lipinski definition) is 2. The fraction of sp³-hybridized carbons (Fsp3) is 0.389. The summed E-state index contributed by atoms with van der Waals surface area (Å²) in [6.07, 6.45) is 5.07. The molecule has 1 aromatic carbocycles. The first kappa shape index (κ1) is 15.2. The van der Waals surface area contributed by atoms with Gasteiger partial charge in [-0.15, -0.1) is 0 Å². The maximum atomic E-state index is 7.92. The monoisotopic (exact) mass is 347 g/mol. The fourth-order valence-corrected chi connectivity index (χ4v) is 4.09. The normalized spacial score (nSPS) is 25.5. The fourth-order valence-electron chi connectivity index (χ4n) is 4.09. The molecule has 0 saturated carbocycles. The van der Waals surface area contributed by atoms with E-state index in [1.165, 1.54) is 0 Å². The van der Waals surface area contributed by atoms with Gasteiger partial charge in [0.25, 0.3) is 6.04 Å². The van der Waals surface area contributed by atoms with Crippen molar-refractivity contribution in [2.45, 2.75) is 37.3 Å². The number of nitrogens with zero attached hydrogens (tertiary/aromatic N) is 5. The number of aromatic amines is 1. The molecule has 5 rings (SSSR count). The molecule has 8 heteroatoms. The van der Waals surface area contributed by atoms with Crippen molar-refractivity contribution < 1.29 is 4.63 Å². The van der Waals surface area contributed by atoms with E-state index in [4.69, 9.17) is 16.2 Å². The Hall–Kier alpha value is -3.05. The van der Waals surface area contributed by atoms with Gasteiger partial charge in [0.15, 0.2) is 5.82 Å². The number of benzene rings is 1. The molecule has 8 nitrogen and oxygen atoms in total. The Morgan fingerprint density at radius 1 is 1.19 bits per heavy atom. The SMILES string of the molecule is [C-]#[N+]C1C(C2CCCCN2)=Nc2[nH]ncc2C1c1cccc2nonc12. The molecule has 0 bridgehead atoms. The van der Waals surface area contributed by atoms with Crippen LogP contribution in [0.15, 0.2) is 34.0 Å². The van der Waals surface area contributed by atoms with E-state index in [2.05, 4.69) is 30.7 Å². The molecule has 2 N–H and O–H groups in total. The third-order valence-corrected chi connectivity index (χ3v) is 5.30. The minimum atomic E-state index is -0.405. The van der Waals surface area contributed by atoms with E-state index in [9.17, 15) is 0 Å². The Bertz CT molecular complexity index is 1020. The summed E-state index contributed by atoms with van der Waals surface area (Å²) in [6, 6.07) is 5.49. The second kappa shape index (κ2) is 6.04. The molecule has 2 aliphatic rings. The molecule has 3 aromatic rings. The van der Waals surface area contributed by atoms with E-state index < -0.39 is 6.04 Å². The summed E-state index contributed by atoms with van der Waals surface area (Å²) in [5.41, 5.74) is 4.11. The largest absolute Gasteiger partial charge is 0.309 e. The number of piperidine rings is 1. The van der Waals surface area contributed by atoms with Crippen LogP contribution in [0.1, 0.15) is 36.3 Å². The van der Waals surface area contributed by atoms with Gasteiger partial charge in [-0.3, -0.25) is 5.10 Å². The van der Waals surface area contributed by atoms with Gasteiger partial charge in [0.1, 0.15) is 16.7 Å². The number of hydrogen-bond acceptors (Lipinski definition) is 6. The highest BCUT2D eigenvalue weighted by molar-refractivity contribution is 6.01. The number of aliphatic imine (C=N–C) groups is 1. The topological polar surface area (TPSA) is 96.3 Å². The van der Waals surface area contributed by atoms with Crippen molar-refractivity contribution in [3.05, 3.63) is 46.9 Å². The van der Waals surface area contributed by atoms with Crippen LogP contribution in [0.5, 0.6) is 0 Å². The lowest BCUT2D eigenvalue weighted by molar-refractivity contribution is 0.315. The van der Waals surface area contributed by atoms with Gasteiger partial charge in [-0.2, -0.15) is 5.10 Å². The van der Waals surface area contributed by atoms with Crippen molar-refractivity contribution in [2.75, 3.05) is 6.54 Å². The molecule has 0 radical (unpaired) electrons. The molecular weight excluding hydrogens is 330 g/mol. The highest BCUT2D eigenvalue weighted by Crippen LogP contribution is 2.42. The van der Waals surface area contributed by atoms with Crippen LogP contribution < -0.4 is 5.32 Å². The molecule has 0 spiro atoms. The van der Waals surface area contributed by atoms with Crippen molar-refractivity contribution in [3.8, 4) is 0 Å². The number of H-pyrrole nitrogens is 1. The van der Waals surface area contributed by atoms with Gasteiger partial charge in [-0.05, 0) is 41.3 Å². The summed E-state index contributed by atoms with van der Waals surface area (Å²) in [5, 5.41) is 18.7. The van der Waals surface area contributed by atoms with Crippen LogP contribution in [0.2, 0.25) is 0 Å². The van der Waals surface area contributed by atoms with Gasteiger partial charge in [-0.1, -0.05) is 18.6 Å². The average molecular weight is 347 g/mol. The standard InChI is InChI=1S/C18H17N7O/c1-19-17-14(10-5-4-7-13-15(10)25-26-24-13)11-9-21-23-18(11)22-16(17)12-6-2-3-8-20-12/h4-5,7,9,12,14,17,20H,2-3,6,8H2,(H,21,23). The Kier molecular flexibility index (Phi) is 3.53. The quantitative estimate of drug-likeness (QED) is 0.695. The van der Waals surface area contributed by atoms with Crippen LogP contribution in [-0.2, 0) is 0 Å². The lowest BCUT2D eigenvalue weighted by Crippen LogP contribution is -2.47. The van der Waals surface area contributed by atoms with E-state index in [0.29, 0.717) is 11.0 Å². The summed E-state index contributed by atoms with van der Waals surface area (Å²) in [4.78, 5) is 8.78. The van der Waals surface area contributed by atoms with Gasteiger partial charge in [-0.25, -0.2) is 16.2 Å². The Morgan fingerprint density at radius 2 is 2.15 bits per heavy atom.